The molecule has 0 aliphatic heterocycles. The van der Waals surface area contributed by atoms with Crippen molar-refractivity contribution < 1.29 is 9.72 Å². The van der Waals surface area contributed by atoms with Gasteiger partial charge in [0.1, 0.15) is 0 Å². The molecule has 0 heterocycles. The maximum absolute atomic E-state index is 12.4. The molecule has 0 saturated carbocycles. The number of nitrogens with zero attached hydrogens (tertiary/aromatic N) is 1. The largest absolute Gasteiger partial charge is 0.288 e. The fourth-order valence-corrected chi connectivity index (χ4v) is 2.58. The molecular weight excluding hydrogens is 369 g/mol. The number of benzene rings is 2. The van der Waals surface area contributed by atoms with E-state index in [2.05, 4.69) is 15.9 Å². The molecule has 0 bridgehead atoms. The molecule has 2 aromatic carbocycles. The Hall–Kier alpha value is -1.43. The molecular formula is C13H6BrCl2NO3. The topological polar surface area (TPSA) is 60.2 Å². The molecule has 0 spiro atoms. The first-order valence-electron chi connectivity index (χ1n) is 5.34. The standard InChI is InChI=1S/C13H6BrCl2NO3/c14-7-1-3-9(12(16)5-7)13(18)10-6-8(17(19)20)2-4-11(10)15/h1-6H. The van der Waals surface area contributed by atoms with Gasteiger partial charge in [-0.1, -0.05) is 39.1 Å². The van der Waals surface area contributed by atoms with Crippen molar-refractivity contribution in [2.75, 3.05) is 0 Å². The lowest BCUT2D eigenvalue weighted by atomic mass is 10.0. The van der Waals surface area contributed by atoms with Gasteiger partial charge >= 0.3 is 0 Å². The Balaban J connectivity index is 2.53. The van der Waals surface area contributed by atoms with Gasteiger partial charge in [0, 0.05) is 27.7 Å². The van der Waals surface area contributed by atoms with E-state index in [9.17, 15) is 14.9 Å². The van der Waals surface area contributed by atoms with Gasteiger partial charge in [0.15, 0.2) is 5.78 Å². The summed E-state index contributed by atoms with van der Waals surface area (Å²) in [6, 6.07) is 8.46. The average Bonchev–Trinajstić information content (AvgIpc) is 2.38. The van der Waals surface area contributed by atoms with Crippen molar-refractivity contribution >= 4 is 50.6 Å². The van der Waals surface area contributed by atoms with E-state index >= 15 is 0 Å². The van der Waals surface area contributed by atoms with Crippen LogP contribution in [0.2, 0.25) is 10.0 Å². The third-order valence-corrected chi connectivity index (χ3v) is 3.72. The lowest BCUT2D eigenvalue weighted by molar-refractivity contribution is -0.384. The molecule has 0 unspecified atom stereocenters. The first-order valence-corrected chi connectivity index (χ1v) is 6.88. The van der Waals surface area contributed by atoms with E-state index < -0.39 is 10.7 Å². The Labute approximate surface area is 132 Å². The molecule has 0 aliphatic carbocycles. The van der Waals surface area contributed by atoms with Crippen LogP contribution >= 0.6 is 39.1 Å². The molecule has 0 atom stereocenters. The number of carbonyl (C=O) groups is 1. The molecule has 20 heavy (non-hydrogen) atoms. The summed E-state index contributed by atoms with van der Waals surface area (Å²) in [6.07, 6.45) is 0. The summed E-state index contributed by atoms with van der Waals surface area (Å²) in [7, 11) is 0. The van der Waals surface area contributed by atoms with Crippen LogP contribution in [0.5, 0.6) is 0 Å². The van der Waals surface area contributed by atoms with Gasteiger partial charge in [-0.05, 0) is 24.3 Å². The van der Waals surface area contributed by atoms with Crippen molar-refractivity contribution in [2.24, 2.45) is 0 Å². The van der Waals surface area contributed by atoms with Crippen LogP contribution in [0.15, 0.2) is 40.9 Å². The molecule has 0 fully saturated rings. The molecule has 0 saturated heterocycles. The van der Waals surface area contributed by atoms with E-state index in [-0.39, 0.29) is 26.9 Å². The van der Waals surface area contributed by atoms with Crippen LogP contribution in [0.1, 0.15) is 15.9 Å². The summed E-state index contributed by atoms with van der Waals surface area (Å²) < 4.78 is 0.726. The maximum Gasteiger partial charge on any atom is 0.270 e. The predicted octanol–water partition coefficient (Wildman–Crippen LogP) is 4.90. The molecule has 2 aromatic rings. The Bertz CT molecular complexity index is 719. The van der Waals surface area contributed by atoms with E-state index in [4.69, 9.17) is 23.2 Å². The van der Waals surface area contributed by atoms with E-state index in [1.807, 2.05) is 0 Å². The number of hydrogen-bond donors (Lipinski definition) is 0. The van der Waals surface area contributed by atoms with Crippen molar-refractivity contribution in [3.63, 3.8) is 0 Å². The fraction of sp³-hybridized carbons (Fsp3) is 0. The van der Waals surface area contributed by atoms with Gasteiger partial charge in [-0.15, -0.1) is 0 Å². The van der Waals surface area contributed by atoms with Gasteiger partial charge in [0.2, 0.25) is 0 Å². The van der Waals surface area contributed by atoms with Crippen LogP contribution in [-0.2, 0) is 0 Å². The average molecular weight is 375 g/mol. The Kier molecular flexibility index (Phi) is 4.42. The minimum absolute atomic E-state index is 0.0464. The lowest BCUT2D eigenvalue weighted by Gasteiger charge is -2.06. The number of rotatable bonds is 3. The number of hydrogen-bond acceptors (Lipinski definition) is 3. The van der Waals surface area contributed by atoms with Crippen molar-refractivity contribution in [1.29, 1.82) is 0 Å². The molecule has 0 aromatic heterocycles. The molecule has 7 heteroatoms. The maximum atomic E-state index is 12.4. The summed E-state index contributed by atoms with van der Waals surface area (Å²) in [5.41, 5.74) is 0.0772. The number of nitro benzene ring substituents is 1. The van der Waals surface area contributed by atoms with Crippen LogP contribution < -0.4 is 0 Å². The lowest BCUT2D eigenvalue weighted by Crippen LogP contribution is -2.04. The minimum atomic E-state index is -0.587. The quantitative estimate of drug-likeness (QED) is 0.436. The predicted molar refractivity (Wildman–Crippen MR) is 80.7 cm³/mol. The third kappa shape index (κ3) is 3.00. The van der Waals surface area contributed by atoms with Crippen molar-refractivity contribution in [1.82, 2.24) is 0 Å². The minimum Gasteiger partial charge on any atom is -0.288 e. The Morgan fingerprint density at radius 2 is 1.75 bits per heavy atom. The molecule has 4 nitrogen and oxygen atoms in total. The second-order valence-corrected chi connectivity index (χ2v) is 5.60. The van der Waals surface area contributed by atoms with Crippen molar-refractivity contribution in [3.8, 4) is 0 Å². The number of nitro groups is 1. The number of non-ortho nitro benzene ring substituents is 1. The third-order valence-electron chi connectivity index (χ3n) is 2.58. The van der Waals surface area contributed by atoms with Gasteiger partial charge in [-0.25, -0.2) is 0 Å². The fourth-order valence-electron chi connectivity index (χ4n) is 1.62. The molecule has 0 amide bonds. The first-order chi connectivity index (χ1) is 9.40. The SMILES string of the molecule is O=C(c1ccc(Br)cc1Cl)c1cc([N+](=O)[O-])ccc1Cl. The summed E-state index contributed by atoms with van der Waals surface area (Å²) in [6.45, 7) is 0. The molecule has 0 radical (unpaired) electrons. The zero-order chi connectivity index (χ0) is 14.9. The van der Waals surface area contributed by atoms with Crippen LogP contribution in [0.25, 0.3) is 0 Å². The highest BCUT2D eigenvalue weighted by atomic mass is 79.9. The van der Waals surface area contributed by atoms with Gasteiger partial charge in [-0.3, -0.25) is 14.9 Å². The summed E-state index contributed by atoms with van der Waals surface area (Å²) in [4.78, 5) is 22.5. The first kappa shape index (κ1) is 15.0. The Morgan fingerprint density at radius 3 is 2.35 bits per heavy atom. The van der Waals surface area contributed by atoms with Gasteiger partial charge in [0.05, 0.1) is 15.0 Å². The normalized spacial score (nSPS) is 10.3. The number of halogens is 3. The van der Waals surface area contributed by atoms with Crippen LogP contribution in [0, 0.1) is 10.1 Å². The highest BCUT2D eigenvalue weighted by molar-refractivity contribution is 9.10. The molecule has 2 rings (SSSR count). The van der Waals surface area contributed by atoms with Gasteiger partial charge in [0.25, 0.3) is 5.69 Å². The molecule has 0 N–H and O–H groups in total. The monoisotopic (exact) mass is 373 g/mol. The zero-order valence-corrected chi connectivity index (χ0v) is 12.9. The summed E-state index contributed by atoms with van der Waals surface area (Å²) in [5.74, 6) is -0.462. The molecule has 0 aliphatic rings. The Morgan fingerprint density at radius 1 is 1.05 bits per heavy atom. The van der Waals surface area contributed by atoms with E-state index in [0.717, 1.165) is 10.5 Å². The number of ketones is 1. The molecule has 102 valence electrons. The van der Waals surface area contributed by atoms with Crippen LogP contribution in [-0.4, -0.2) is 10.7 Å². The highest BCUT2D eigenvalue weighted by Gasteiger charge is 2.19. The van der Waals surface area contributed by atoms with Crippen molar-refractivity contribution in [3.05, 3.63) is 72.2 Å². The smallest absolute Gasteiger partial charge is 0.270 e. The van der Waals surface area contributed by atoms with Gasteiger partial charge < -0.3 is 0 Å². The zero-order valence-electron chi connectivity index (χ0n) is 9.77. The second-order valence-electron chi connectivity index (χ2n) is 3.87. The number of carbonyl (C=O) groups excluding carboxylic acids is 1. The summed E-state index contributed by atoms with van der Waals surface area (Å²) in [5, 5.41) is 11.1. The van der Waals surface area contributed by atoms with Crippen LogP contribution in [0.4, 0.5) is 5.69 Å². The van der Waals surface area contributed by atoms with Gasteiger partial charge in [-0.2, -0.15) is 0 Å². The highest BCUT2D eigenvalue weighted by Crippen LogP contribution is 2.28. The van der Waals surface area contributed by atoms with Crippen LogP contribution in [0.3, 0.4) is 0 Å². The summed E-state index contributed by atoms with van der Waals surface area (Å²) >= 11 is 15.2. The second kappa shape index (κ2) is 5.91. The van der Waals surface area contributed by atoms with E-state index in [1.54, 1.807) is 12.1 Å². The van der Waals surface area contributed by atoms with Crippen molar-refractivity contribution in [2.45, 2.75) is 0 Å². The van der Waals surface area contributed by atoms with E-state index in [1.165, 1.54) is 18.2 Å². The van der Waals surface area contributed by atoms with E-state index in [0.29, 0.717) is 0 Å².